The van der Waals surface area contributed by atoms with E-state index in [4.69, 9.17) is 4.74 Å². The van der Waals surface area contributed by atoms with Gasteiger partial charge in [0.1, 0.15) is 11.6 Å². The number of fused-ring (bicyclic) bond motifs is 1. The van der Waals surface area contributed by atoms with Crippen LogP contribution in [-0.2, 0) is 11.3 Å². The summed E-state index contributed by atoms with van der Waals surface area (Å²) in [5.41, 5.74) is 2.40. The molecule has 0 bridgehead atoms. The third-order valence-electron chi connectivity index (χ3n) is 3.40. The molecule has 0 aromatic heterocycles. The van der Waals surface area contributed by atoms with E-state index in [0.717, 1.165) is 22.6 Å². The molecule has 0 atom stereocenters. The Bertz CT molecular complexity index is 669. The van der Waals surface area contributed by atoms with Crippen molar-refractivity contribution in [2.45, 2.75) is 13.5 Å². The fourth-order valence-electron chi connectivity index (χ4n) is 2.39. The van der Waals surface area contributed by atoms with E-state index < -0.39 is 0 Å². The van der Waals surface area contributed by atoms with Crippen molar-refractivity contribution >= 4 is 11.6 Å². The third kappa shape index (κ3) is 2.25. The van der Waals surface area contributed by atoms with E-state index in [1.807, 2.05) is 24.3 Å². The van der Waals surface area contributed by atoms with Crippen LogP contribution in [0.25, 0.3) is 0 Å². The fraction of sp³-hybridized carbons (Fsp3) is 0.188. The van der Waals surface area contributed by atoms with E-state index in [0.29, 0.717) is 6.54 Å². The lowest BCUT2D eigenvalue weighted by molar-refractivity contribution is -0.120. The van der Waals surface area contributed by atoms with Crippen molar-refractivity contribution in [2.75, 3.05) is 11.5 Å². The maximum Gasteiger partial charge on any atom is 0.265 e. The number of anilines is 1. The van der Waals surface area contributed by atoms with Crippen LogP contribution < -0.4 is 9.64 Å². The molecule has 20 heavy (non-hydrogen) atoms. The minimum atomic E-state index is -0.301. The lowest BCUT2D eigenvalue weighted by Gasteiger charge is -2.22. The van der Waals surface area contributed by atoms with Crippen LogP contribution in [0.4, 0.5) is 10.1 Å². The molecule has 0 spiro atoms. The van der Waals surface area contributed by atoms with Crippen LogP contribution in [0.3, 0.4) is 0 Å². The first-order valence-electron chi connectivity index (χ1n) is 6.42. The number of rotatable bonds is 1. The highest BCUT2D eigenvalue weighted by Gasteiger charge is 2.23. The summed E-state index contributed by atoms with van der Waals surface area (Å²) in [6.07, 6.45) is 0. The summed E-state index contributed by atoms with van der Waals surface area (Å²) in [6.45, 7) is 2.22. The largest absolute Gasteiger partial charge is 0.483 e. The molecule has 1 amide bonds. The molecule has 2 aromatic rings. The van der Waals surface area contributed by atoms with E-state index in [-0.39, 0.29) is 18.3 Å². The van der Waals surface area contributed by atoms with Gasteiger partial charge < -0.3 is 9.64 Å². The van der Waals surface area contributed by atoms with Gasteiger partial charge in [-0.05, 0) is 36.8 Å². The standard InChI is InChI=1S/C16H14FNO2/c1-11-8-13(17)6-7-14(11)18-9-12-4-2-3-5-15(12)20-10-16(18)19/h2-8H,9-10H2,1H3. The number of amides is 1. The van der Waals surface area contributed by atoms with Crippen molar-refractivity contribution in [3.63, 3.8) is 0 Å². The molecule has 1 heterocycles. The zero-order valence-corrected chi connectivity index (χ0v) is 11.1. The lowest BCUT2D eigenvalue weighted by Crippen LogP contribution is -2.32. The monoisotopic (exact) mass is 271 g/mol. The van der Waals surface area contributed by atoms with Crippen molar-refractivity contribution in [3.8, 4) is 5.75 Å². The molecule has 0 saturated heterocycles. The molecule has 0 radical (unpaired) electrons. The van der Waals surface area contributed by atoms with Gasteiger partial charge in [-0.2, -0.15) is 0 Å². The molecule has 0 saturated carbocycles. The molecule has 1 aliphatic rings. The number of hydrogen-bond acceptors (Lipinski definition) is 2. The summed E-state index contributed by atoms with van der Waals surface area (Å²) >= 11 is 0. The normalized spacial score (nSPS) is 14.5. The van der Waals surface area contributed by atoms with E-state index in [1.54, 1.807) is 17.9 Å². The van der Waals surface area contributed by atoms with Crippen LogP contribution in [0.1, 0.15) is 11.1 Å². The summed E-state index contributed by atoms with van der Waals surface area (Å²) in [5, 5.41) is 0. The summed E-state index contributed by atoms with van der Waals surface area (Å²) in [6, 6.07) is 12.0. The Kier molecular flexibility index (Phi) is 3.14. The second-order valence-electron chi connectivity index (χ2n) is 4.81. The van der Waals surface area contributed by atoms with Crippen LogP contribution in [-0.4, -0.2) is 12.5 Å². The number of aryl methyl sites for hydroxylation is 1. The topological polar surface area (TPSA) is 29.5 Å². The van der Waals surface area contributed by atoms with Crippen molar-refractivity contribution in [2.24, 2.45) is 0 Å². The molecular weight excluding hydrogens is 257 g/mol. The number of nitrogens with zero attached hydrogens (tertiary/aromatic N) is 1. The van der Waals surface area contributed by atoms with Crippen LogP contribution in [0, 0.1) is 12.7 Å². The average Bonchev–Trinajstić information content (AvgIpc) is 2.59. The zero-order valence-electron chi connectivity index (χ0n) is 11.1. The number of para-hydroxylation sites is 1. The number of benzene rings is 2. The molecule has 0 aliphatic carbocycles. The predicted molar refractivity (Wildman–Crippen MR) is 74.3 cm³/mol. The summed E-state index contributed by atoms with van der Waals surface area (Å²) in [7, 11) is 0. The summed E-state index contributed by atoms with van der Waals surface area (Å²) in [5.74, 6) is 0.296. The van der Waals surface area contributed by atoms with E-state index in [9.17, 15) is 9.18 Å². The quantitative estimate of drug-likeness (QED) is 0.797. The number of ether oxygens (including phenoxy) is 1. The average molecular weight is 271 g/mol. The molecular formula is C16H14FNO2. The van der Waals surface area contributed by atoms with Crippen LogP contribution in [0.5, 0.6) is 5.75 Å². The van der Waals surface area contributed by atoms with Gasteiger partial charge >= 0.3 is 0 Å². The highest BCUT2D eigenvalue weighted by atomic mass is 19.1. The molecule has 3 nitrogen and oxygen atoms in total. The van der Waals surface area contributed by atoms with Gasteiger partial charge in [0.15, 0.2) is 6.61 Å². The Morgan fingerprint density at radius 1 is 1.20 bits per heavy atom. The molecule has 102 valence electrons. The first-order valence-corrected chi connectivity index (χ1v) is 6.42. The van der Waals surface area contributed by atoms with Gasteiger partial charge in [0.05, 0.1) is 6.54 Å². The smallest absolute Gasteiger partial charge is 0.265 e. The Hall–Kier alpha value is -2.36. The maximum absolute atomic E-state index is 13.2. The van der Waals surface area contributed by atoms with Crippen LogP contribution in [0.15, 0.2) is 42.5 Å². The molecule has 3 rings (SSSR count). The highest BCUT2D eigenvalue weighted by Crippen LogP contribution is 2.28. The van der Waals surface area contributed by atoms with Crippen molar-refractivity contribution in [1.82, 2.24) is 0 Å². The van der Waals surface area contributed by atoms with E-state index >= 15 is 0 Å². The summed E-state index contributed by atoms with van der Waals surface area (Å²) < 4.78 is 18.7. The van der Waals surface area contributed by atoms with Gasteiger partial charge in [0, 0.05) is 11.3 Å². The fourth-order valence-corrected chi connectivity index (χ4v) is 2.39. The van der Waals surface area contributed by atoms with Crippen LogP contribution >= 0.6 is 0 Å². The highest BCUT2D eigenvalue weighted by molar-refractivity contribution is 5.95. The second kappa shape index (κ2) is 4.96. The summed E-state index contributed by atoms with van der Waals surface area (Å²) in [4.78, 5) is 13.9. The Balaban J connectivity index is 2.02. The minimum Gasteiger partial charge on any atom is -0.483 e. The number of hydrogen-bond donors (Lipinski definition) is 0. The van der Waals surface area contributed by atoms with E-state index in [1.165, 1.54) is 12.1 Å². The molecule has 1 aliphatic heterocycles. The molecule has 2 aromatic carbocycles. The SMILES string of the molecule is Cc1cc(F)ccc1N1Cc2ccccc2OCC1=O. The Morgan fingerprint density at radius 3 is 2.80 bits per heavy atom. The van der Waals surface area contributed by atoms with Gasteiger partial charge in [0.2, 0.25) is 0 Å². The lowest BCUT2D eigenvalue weighted by atomic mass is 10.1. The van der Waals surface area contributed by atoms with Gasteiger partial charge in [-0.15, -0.1) is 0 Å². The van der Waals surface area contributed by atoms with Gasteiger partial charge in [-0.3, -0.25) is 4.79 Å². The number of carbonyl (C=O) groups excluding carboxylic acids is 1. The van der Waals surface area contributed by atoms with Crippen molar-refractivity contribution in [3.05, 3.63) is 59.4 Å². The molecule has 4 heteroatoms. The third-order valence-corrected chi connectivity index (χ3v) is 3.40. The van der Waals surface area contributed by atoms with E-state index in [2.05, 4.69) is 0 Å². The van der Waals surface area contributed by atoms with Crippen LogP contribution in [0.2, 0.25) is 0 Å². The Morgan fingerprint density at radius 2 is 2.00 bits per heavy atom. The van der Waals surface area contributed by atoms with Crippen molar-refractivity contribution < 1.29 is 13.9 Å². The molecule has 0 fully saturated rings. The second-order valence-corrected chi connectivity index (χ2v) is 4.81. The zero-order chi connectivity index (χ0) is 14.1. The molecule has 0 unspecified atom stereocenters. The first kappa shape index (κ1) is 12.7. The van der Waals surface area contributed by atoms with Gasteiger partial charge in [-0.1, -0.05) is 18.2 Å². The van der Waals surface area contributed by atoms with Crippen molar-refractivity contribution in [1.29, 1.82) is 0 Å². The minimum absolute atomic E-state index is 0.00612. The van der Waals surface area contributed by atoms with Gasteiger partial charge in [-0.25, -0.2) is 4.39 Å². The Labute approximate surface area is 116 Å². The van der Waals surface area contributed by atoms with Gasteiger partial charge in [0.25, 0.3) is 5.91 Å². The number of carbonyl (C=O) groups is 1. The molecule has 0 N–H and O–H groups in total. The predicted octanol–water partition coefficient (Wildman–Crippen LogP) is 3.06. The maximum atomic E-state index is 13.2. The first-order chi connectivity index (χ1) is 9.65. The number of halogens is 1.